The first-order chi connectivity index (χ1) is 15.2. The van der Waals surface area contributed by atoms with Gasteiger partial charge in [-0.05, 0) is 71.9 Å². The number of hydrogen-bond acceptors (Lipinski definition) is 5. The third-order valence-electron chi connectivity index (χ3n) is 4.86. The van der Waals surface area contributed by atoms with Crippen molar-refractivity contribution in [2.75, 3.05) is 12.0 Å². The molecule has 0 saturated carbocycles. The zero-order chi connectivity index (χ0) is 21.2. The third-order valence-corrected chi connectivity index (χ3v) is 5.83. The number of aliphatic imine (C=N–C) groups is 1. The van der Waals surface area contributed by atoms with Crippen molar-refractivity contribution in [3.63, 3.8) is 0 Å². The van der Waals surface area contributed by atoms with E-state index in [9.17, 15) is 4.79 Å². The lowest BCUT2D eigenvalue weighted by molar-refractivity contribution is -0.113. The highest BCUT2D eigenvalue weighted by atomic mass is 32.2. The first kappa shape index (κ1) is 19.1. The molecule has 5 rings (SSSR count). The number of rotatable bonds is 4. The average molecular weight is 427 g/mol. The van der Waals surface area contributed by atoms with Crippen molar-refractivity contribution in [3.05, 3.63) is 89.6 Å². The van der Waals surface area contributed by atoms with E-state index < -0.39 is 0 Å². The van der Waals surface area contributed by atoms with Crippen LogP contribution in [0.3, 0.4) is 0 Å². The molecule has 6 nitrogen and oxygen atoms in total. The molecule has 1 aliphatic heterocycles. The maximum atomic E-state index is 13.4. The van der Waals surface area contributed by atoms with Crippen molar-refractivity contribution >= 4 is 51.3 Å². The molecule has 152 valence electrons. The van der Waals surface area contributed by atoms with Crippen LogP contribution < -0.4 is 9.64 Å². The van der Waals surface area contributed by atoms with Crippen molar-refractivity contribution in [2.45, 2.75) is 0 Å². The molecular weight excluding hydrogens is 408 g/mol. The number of anilines is 1. The van der Waals surface area contributed by atoms with Crippen molar-refractivity contribution < 1.29 is 9.53 Å². The van der Waals surface area contributed by atoms with Gasteiger partial charge in [-0.3, -0.25) is 9.69 Å². The van der Waals surface area contributed by atoms with Crippen LogP contribution in [-0.2, 0) is 4.79 Å². The van der Waals surface area contributed by atoms with Gasteiger partial charge in [0.15, 0.2) is 5.17 Å². The molecule has 0 aliphatic carbocycles. The van der Waals surface area contributed by atoms with Gasteiger partial charge in [0.2, 0.25) is 0 Å². The molecule has 0 unspecified atom stereocenters. The molecule has 31 heavy (non-hydrogen) atoms. The van der Waals surface area contributed by atoms with Gasteiger partial charge in [0.25, 0.3) is 5.91 Å². The van der Waals surface area contributed by atoms with E-state index in [2.05, 4.69) is 9.97 Å². The number of aromatic nitrogens is 2. The van der Waals surface area contributed by atoms with Gasteiger partial charge in [0, 0.05) is 0 Å². The van der Waals surface area contributed by atoms with Crippen molar-refractivity contribution in [1.82, 2.24) is 9.97 Å². The molecule has 3 aromatic carbocycles. The van der Waals surface area contributed by atoms with E-state index in [1.54, 1.807) is 18.3 Å². The van der Waals surface area contributed by atoms with E-state index >= 15 is 0 Å². The van der Waals surface area contributed by atoms with E-state index in [1.807, 2.05) is 78.9 Å². The van der Waals surface area contributed by atoms with Crippen LogP contribution in [-0.4, -0.2) is 28.2 Å². The first-order valence-electron chi connectivity index (χ1n) is 9.66. The van der Waals surface area contributed by atoms with Crippen LogP contribution in [0.25, 0.3) is 17.1 Å². The number of imidazole rings is 1. The molecule has 2 heterocycles. The molecule has 4 aromatic rings. The smallest absolute Gasteiger partial charge is 0.271 e. The second-order valence-corrected chi connectivity index (χ2v) is 7.87. The van der Waals surface area contributed by atoms with Crippen molar-refractivity contribution in [1.29, 1.82) is 0 Å². The van der Waals surface area contributed by atoms with Gasteiger partial charge in [-0.1, -0.05) is 24.3 Å². The molecule has 1 fully saturated rings. The number of thioether (sulfide) groups is 1. The van der Waals surface area contributed by atoms with Crippen LogP contribution in [0.15, 0.2) is 89.0 Å². The number of fused-ring (bicyclic) bond motifs is 1. The number of H-pyrrole nitrogens is 1. The molecular formula is C24H18N4O2S. The van der Waals surface area contributed by atoms with Crippen molar-refractivity contribution in [2.24, 2.45) is 4.99 Å². The molecule has 1 amide bonds. The minimum Gasteiger partial charge on any atom is -0.497 e. The predicted molar refractivity (Wildman–Crippen MR) is 126 cm³/mol. The Labute approximate surface area is 183 Å². The number of amidine groups is 1. The molecule has 1 N–H and O–H groups in total. The Balaban J connectivity index is 1.56. The van der Waals surface area contributed by atoms with Crippen LogP contribution in [0.5, 0.6) is 5.75 Å². The molecule has 0 spiro atoms. The summed E-state index contributed by atoms with van der Waals surface area (Å²) in [5.74, 6) is 0.611. The number of benzene rings is 3. The summed E-state index contributed by atoms with van der Waals surface area (Å²) in [6.07, 6.45) is 3.54. The summed E-state index contributed by atoms with van der Waals surface area (Å²) in [5.41, 5.74) is 4.24. The summed E-state index contributed by atoms with van der Waals surface area (Å²) in [6, 6.07) is 22.9. The van der Waals surface area contributed by atoms with Gasteiger partial charge in [-0.15, -0.1) is 0 Å². The van der Waals surface area contributed by atoms with Crippen molar-refractivity contribution in [3.8, 4) is 5.75 Å². The molecule has 1 saturated heterocycles. The highest BCUT2D eigenvalue weighted by Gasteiger charge is 2.34. The second kappa shape index (κ2) is 8.12. The number of carbonyl (C=O) groups is 1. The summed E-state index contributed by atoms with van der Waals surface area (Å²) in [4.78, 5) is 27.7. The summed E-state index contributed by atoms with van der Waals surface area (Å²) in [5, 5.41) is 0.605. The van der Waals surface area contributed by atoms with Crippen LogP contribution in [0.1, 0.15) is 5.56 Å². The van der Waals surface area contributed by atoms with Crippen LogP contribution >= 0.6 is 11.8 Å². The fourth-order valence-corrected chi connectivity index (χ4v) is 4.31. The standard InChI is InChI=1S/C24H18N4O2S/c1-30-19-10-8-18(9-11-19)28-23(29)22(31-24(28)27-17-5-3-2-4-6-17)14-16-7-12-20-21(13-16)26-15-25-20/h2-15H,1H3,(H,25,26)/b22-14-,27-24-. The van der Waals surface area contributed by atoms with Gasteiger partial charge >= 0.3 is 0 Å². The molecule has 7 heteroatoms. The molecule has 0 radical (unpaired) electrons. The Morgan fingerprint density at radius 2 is 1.87 bits per heavy atom. The van der Waals surface area contributed by atoms with Gasteiger partial charge in [-0.25, -0.2) is 9.98 Å². The zero-order valence-corrected chi connectivity index (χ0v) is 17.5. The van der Waals surface area contributed by atoms with E-state index in [4.69, 9.17) is 9.73 Å². The molecule has 1 aliphatic rings. The number of carbonyl (C=O) groups excluding carboxylic acids is 1. The number of nitrogens with zero attached hydrogens (tertiary/aromatic N) is 3. The number of aromatic amines is 1. The number of ether oxygens (including phenoxy) is 1. The normalized spacial score (nSPS) is 16.5. The monoisotopic (exact) mass is 426 g/mol. The number of amides is 1. The molecule has 0 atom stereocenters. The summed E-state index contributed by atoms with van der Waals surface area (Å²) < 4.78 is 5.25. The number of para-hydroxylation sites is 1. The number of hydrogen-bond donors (Lipinski definition) is 1. The average Bonchev–Trinajstić information content (AvgIpc) is 3.39. The fraction of sp³-hybridized carbons (Fsp3) is 0.0417. The first-order valence-corrected chi connectivity index (χ1v) is 10.5. The Hall–Kier alpha value is -3.84. The lowest BCUT2D eigenvalue weighted by atomic mass is 10.2. The highest BCUT2D eigenvalue weighted by molar-refractivity contribution is 8.19. The van der Waals surface area contributed by atoms with Crippen LogP contribution in [0, 0.1) is 0 Å². The summed E-state index contributed by atoms with van der Waals surface area (Å²) in [6.45, 7) is 0. The summed E-state index contributed by atoms with van der Waals surface area (Å²) >= 11 is 1.36. The van der Waals surface area contributed by atoms with Gasteiger partial charge in [0.1, 0.15) is 5.75 Å². The maximum Gasteiger partial charge on any atom is 0.271 e. The lowest BCUT2D eigenvalue weighted by Crippen LogP contribution is -2.28. The third kappa shape index (κ3) is 3.83. The molecule has 1 aromatic heterocycles. The number of nitrogens with one attached hydrogen (secondary N) is 1. The predicted octanol–water partition coefficient (Wildman–Crippen LogP) is 5.38. The zero-order valence-electron chi connectivity index (χ0n) is 16.6. The highest BCUT2D eigenvalue weighted by Crippen LogP contribution is 2.38. The number of methoxy groups -OCH3 is 1. The fourth-order valence-electron chi connectivity index (χ4n) is 3.31. The van der Waals surface area contributed by atoms with Crippen LogP contribution in [0.4, 0.5) is 11.4 Å². The Kier molecular flexibility index (Phi) is 5.01. The molecule has 0 bridgehead atoms. The largest absolute Gasteiger partial charge is 0.497 e. The lowest BCUT2D eigenvalue weighted by Gasteiger charge is -2.16. The SMILES string of the molecule is COc1ccc(N2C(=O)/C(=C/c3ccc4[nH]cnc4c3)S/C2=N\c2ccccc2)cc1. The van der Waals surface area contributed by atoms with E-state index in [0.29, 0.717) is 10.1 Å². The second-order valence-electron chi connectivity index (χ2n) is 6.86. The van der Waals surface area contributed by atoms with E-state index in [-0.39, 0.29) is 5.91 Å². The Morgan fingerprint density at radius 1 is 1.06 bits per heavy atom. The van der Waals surface area contributed by atoms with Gasteiger partial charge in [-0.2, -0.15) is 0 Å². The quantitative estimate of drug-likeness (QED) is 0.445. The Bertz CT molecular complexity index is 1310. The summed E-state index contributed by atoms with van der Waals surface area (Å²) in [7, 11) is 1.62. The van der Waals surface area contributed by atoms with Crippen LogP contribution in [0.2, 0.25) is 0 Å². The topological polar surface area (TPSA) is 70.6 Å². The van der Waals surface area contributed by atoms with Gasteiger partial charge in [0.05, 0.1) is 40.8 Å². The van der Waals surface area contributed by atoms with E-state index in [0.717, 1.165) is 33.7 Å². The Morgan fingerprint density at radius 3 is 2.65 bits per heavy atom. The van der Waals surface area contributed by atoms with E-state index in [1.165, 1.54) is 11.8 Å². The minimum atomic E-state index is -0.119. The maximum absolute atomic E-state index is 13.4. The van der Waals surface area contributed by atoms with Gasteiger partial charge < -0.3 is 9.72 Å². The minimum absolute atomic E-state index is 0.119.